The van der Waals surface area contributed by atoms with Crippen molar-refractivity contribution in [3.63, 3.8) is 0 Å². The maximum atomic E-state index is 5.48. The molecule has 0 radical (unpaired) electrons. The summed E-state index contributed by atoms with van der Waals surface area (Å²) in [6.07, 6.45) is 0. The zero-order chi connectivity index (χ0) is 20.8. The van der Waals surface area contributed by atoms with Crippen LogP contribution in [0.2, 0.25) is 0 Å². The lowest BCUT2D eigenvalue weighted by Gasteiger charge is -2.14. The van der Waals surface area contributed by atoms with Gasteiger partial charge in [0.15, 0.2) is 17.2 Å². The summed E-state index contributed by atoms with van der Waals surface area (Å²) in [7, 11) is 4.63. The zero-order valence-electron chi connectivity index (χ0n) is 17.1. The Kier molecular flexibility index (Phi) is 6.33. The van der Waals surface area contributed by atoms with Crippen LogP contribution in [0.1, 0.15) is 23.9 Å². The summed E-state index contributed by atoms with van der Waals surface area (Å²) in [4.78, 5) is 9.78. The smallest absolute Gasteiger partial charge is 0.280 e. The lowest BCUT2D eigenvalue weighted by Crippen LogP contribution is -2.07. The van der Waals surface area contributed by atoms with Crippen LogP contribution in [-0.4, -0.2) is 43.8 Å². The topological polar surface area (TPSA) is 88.2 Å². The Morgan fingerprint density at radius 3 is 2.21 bits per heavy atom. The summed E-state index contributed by atoms with van der Waals surface area (Å²) in [5.41, 5.74) is 2.96. The SMILES string of the molecule is CCO/N=C(/c1cc(OC)c(OC)c(OC)c1)c1nc(-c2ccc(C)cc2)no1. The van der Waals surface area contributed by atoms with Gasteiger partial charge in [-0.2, -0.15) is 4.98 Å². The minimum Gasteiger partial charge on any atom is -0.493 e. The fourth-order valence-corrected chi connectivity index (χ4v) is 2.70. The number of methoxy groups -OCH3 is 3. The van der Waals surface area contributed by atoms with E-state index in [2.05, 4.69) is 15.3 Å². The summed E-state index contributed by atoms with van der Waals surface area (Å²) in [5.74, 6) is 2.09. The predicted octanol–water partition coefficient (Wildman–Crippen LogP) is 3.86. The van der Waals surface area contributed by atoms with E-state index in [9.17, 15) is 0 Å². The minimum atomic E-state index is 0.211. The fourth-order valence-electron chi connectivity index (χ4n) is 2.70. The van der Waals surface area contributed by atoms with Gasteiger partial charge in [0.1, 0.15) is 6.61 Å². The number of rotatable bonds is 8. The standard InChI is InChI=1S/C21H23N3O5/c1-6-28-23-18(15-11-16(25-3)19(27-5)17(12-15)26-4)21-22-20(24-29-21)14-9-7-13(2)8-10-14/h7-12H,6H2,1-5H3/b23-18-. The van der Waals surface area contributed by atoms with Crippen molar-refractivity contribution in [3.8, 4) is 28.6 Å². The largest absolute Gasteiger partial charge is 0.493 e. The van der Waals surface area contributed by atoms with Crippen LogP contribution in [0.3, 0.4) is 0 Å². The second kappa shape index (κ2) is 9.09. The molecule has 0 atom stereocenters. The molecule has 29 heavy (non-hydrogen) atoms. The Hall–Kier alpha value is -3.55. The van der Waals surface area contributed by atoms with Gasteiger partial charge in [-0.05, 0) is 26.0 Å². The summed E-state index contributed by atoms with van der Waals surface area (Å²) in [5, 5.41) is 8.26. The number of aromatic nitrogens is 2. The highest BCUT2D eigenvalue weighted by Gasteiger charge is 2.22. The second-order valence-corrected chi connectivity index (χ2v) is 6.06. The average molecular weight is 397 g/mol. The molecule has 0 unspecified atom stereocenters. The van der Waals surface area contributed by atoms with Gasteiger partial charge in [-0.1, -0.05) is 40.1 Å². The number of aryl methyl sites for hydroxylation is 1. The van der Waals surface area contributed by atoms with E-state index in [-0.39, 0.29) is 5.89 Å². The van der Waals surface area contributed by atoms with E-state index in [4.69, 9.17) is 23.6 Å². The monoisotopic (exact) mass is 397 g/mol. The molecule has 2 aromatic carbocycles. The predicted molar refractivity (Wildman–Crippen MR) is 108 cm³/mol. The van der Waals surface area contributed by atoms with Crippen molar-refractivity contribution in [2.75, 3.05) is 27.9 Å². The number of ether oxygens (including phenoxy) is 3. The van der Waals surface area contributed by atoms with Gasteiger partial charge in [0.25, 0.3) is 5.89 Å². The highest BCUT2D eigenvalue weighted by atomic mass is 16.6. The molecule has 1 aromatic heterocycles. The quantitative estimate of drug-likeness (QED) is 0.421. The molecule has 0 saturated heterocycles. The Labute approximate surface area is 169 Å². The van der Waals surface area contributed by atoms with Crippen molar-refractivity contribution in [3.05, 3.63) is 53.4 Å². The lowest BCUT2D eigenvalue weighted by molar-refractivity contribution is 0.158. The van der Waals surface area contributed by atoms with Crippen LogP contribution in [-0.2, 0) is 4.84 Å². The van der Waals surface area contributed by atoms with Gasteiger partial charge in [0.2, 0.25) is 11.6 Å². The number of nitrogens with zero attached hydrogens (tertiary/aromatic N) is 3. The number of oxime groups is 1. The Bertz CT molecular complexity index is 971. The number of hydrogen-bond donors (Lipinski definition) is 0. The second-order valence-electron chi connectivity index (χ2n) is 6.06. The highest BCUT2D eigenvalue weighted by molar-refractivity contribution is 6.10. The third-order valence-corrected chi connectivity index (χ3v) is 4.16. The molecule has 0 bridgehead atoms. The first-order valence-corrected chi connectivity index (χ1v) is 9.02. The van der Waals surface area contributed by atoms with Crippen molar-refractivity contribution in [2.45, 2.75) is 13.8 Å². The van der Waals surface area contributed by atoms with Crippen molar-refractivity contribution < 1.29 is 23.6 Å². The van der Waals surface area contributed by atoms with Gasteiger partial charge in [0, 0.05) is 11.1 Å². The molecule has 8 heteroatoms. The van der Waals surface area contributed by atoms with Crippen LogP contribution >= 0.6 is 0 Å². The third-order valence-electron chi connectivity index (χ3n) is 4.16. The first-order chi connectivity index (χ1) is 14.1. The molecule has 0 amide bonds. The van der Waals surface area contributed by atoms with Crippen LogP contribution in [0.25, 0.3) is 11.4 Å². The minimum absolute atomic E-state index is 0.211. The molecule has 3 rings (SSSR count). The summed E-state index contributed by atoms with van der Waals surface area (Å²) < 4.78 is 21.7. The fraction of sp³-hybridized carbons (Fsp3) is 0.286. The van der Waals surface area contributed by atoms with E-state index >= 15 is 0 Å². The van der Waals surface area contributed by atoms with Gasteiger partial charge in [-0.25, -0.2) is 0 Å². The van der Waals surface area contributed by atoms with Crippen LogP contribution in [0, 0.1) is 6.92 Å². The summed E-state index contributed by atoms with van der Waals surface area (Å²) in [6, 6.07) is 11.3. The van der Waals surface area contributed by atoms with Crippen molar-refractivity contribution in [2.24, 2.45) is 5.16 Å². The maximum Gasteiger partial charge on any atom is 0.280 e. The summed E-state index contributed by atoms with van der Waals surface area (Å²) >= 11 is 0. The molecular formula is C21H23N3O5. The molecule has 0 N–H and O–H groups in total. The first kappa shape index (κ1) is 20.2. The normalized spacial score (nSPS) is 11.3. The van der Waals surface area contributed by atoms with Gasteiger partial charge in [0.05, 0.1) is 21.3 Å². The molecule has 1 heterocycles. The van der Waals surface area contributed by atoms with Gasteiger partial charge in [-0.3, -0.25) is 0 Å². The molecule has 0 aliphatic rings. The van der Waals surface area contributed by atoms with E-state index in [0.29, 0.717) is 41.0 Å². The van der Waals surface area contributed by atoms with Crippen LogP contribution in [0.15, 0.2) is 46.1 Å². The van der Waals surface area contributed by atoms with E-state index in [1.807, 2.05) is 38.1 Å². The van der Waals surface area contributed by atoms with Gasteiger partial charge < -0.3 is 23.6 Å². The molecular weight excluding hydrogens is 374 g/mol. The lowest BCUT2D eigenvalue weighted by atomic mass is 10.1. The highest BCUT2D eigenvalue weighted by Crippen LogP contribution is 2.38. The van der Waals surface area contributed by atoms with Crippen LogP contribution in [0.5, 0.6) is 17.2 Å². The summed E-state index contributed by atoms with van der Waals surface area (Å²) in [6.45, 7) is 4.23. The first-order valence-electron chi connectivity index (χ1n) is 9.02. The van der Waals surface area contributed by atoms with Crippen LogP contribution in [0.4, 0.5) is 0 Å². The van der Waals surface area contributed by atoms with Gasteiger partial charge >= 0.3 is 0 Å². The zero-order valence-corrected chi connectivity index (χ0v) is 17.1. The van der Waals surface area contributed by atoms with Crippen molar-refractivity contribution >= 4 is 5.71 Å². The van der Waals surface area contributed by atoms with E-state index < -0.39 is 0 Å². The van der Waals surface area contributed by atoms with Crippen molar-refractivity contribution in [1.82, 2.24) is 10.1 Å². The van der Waals surface area contributed by atoms with E-state index in [1.165, 1.54) is 0 Å². The third kappa shape index (κ3) is 4.31. The molecule has 152 valence electrons. The maximum absolute atomic E-state index is 5.48. The Balaban J connectivity index is 2.07. The van der Waals surface area contributed by atoms with E-state index in [0.717, 1.165) is 11.1 Å². The Morgan fingerprint density at radius 2 is 1.66 bits per heavy atom. The Morgan fingerprint density at radius 1 is 1.00 bits per heavy atom. The molecule has 8 nitrogen and oxygen atoms in total. The molecule has 0 aliphatic carbocycles. The number of benzene rings is 2. The molecule has 0 aliphatic heterocycles. The average Bonchev–Trinajstić information content (AvgIpc) is 3.23. The van der Waals surface area contributed by atoms with Crippen molar-refractivity contribution in [1.29, 1.82) is 0 Å². The number of hydrogen-bond acceptors (Lipinski definition) is 8. The van der Waals surface area contributed by atoms with Crippen LogP contribution < -0.4 is 14.2 Å². The molecule has 0 saturated carbocycles. The molecule has 0 fully saturated rings. The molecule has 3 aromatic rings. The van der Waals surface area contributed by atoms with Gasteiger partial charge in [-0.15, -0.1) is 0 Å². The molecule has 0 spiro atoms. The van der Waals surface area contributed by atoms with E-state index in [1.54, 1.807) is 33.5 Å².